The molecule has 22 heavy (non-hydrogen) atoms. The zero-order chi connectivity index (χ0) is 16.7. The number of cyclic esters (lactones) is 1. The maximum absolute atomic E-state index is 11.7. The third-order valence-electron chi connectivity index (χ3n) is 3.94. The lowest BCUT2D eigenvalue weighted by Crippen LogP contribution is -2.20. The largest absolute Gasteiger partial charge is 0.507 e. The molecule has 4 heteroatoms. The van der Waals surface area contributed by atoms with Gasteiger partial charge >= 0.3 is 5.97 Å². The molecule has 0 bridgehead atoms. The summed E-state index contributed by atoms with van der Waals surface area (Å²) in [5, 5.41) is 10.6. The van der Waals surface area contributed by atoms with Gasteiger partial charge in [0.15, 0.2) is 0 Å². The average Bonchev–Trinajstić information content (AvgIpc) is 2.74. The monoisotopic (exact) mass is 322 g/mol. The van der Waals surface area contributed by atoms with Gasteiger partial charge in [-0.1, -0.05) is 53.7 Å². The summed E-state index contributed by atoms with van der Waals surface area (Å²) in [6.07, 6.45) is 0.649. The van der Waals surface area contributed by atoms with Crippen molar-refractivity contribution in [3.63, 3.8) is 0 Å². The van der Waals surface area contributed by atoms with E-state index in [1.807, 2.05) is 12.1 Å². The smallest absolute Gasteiger partial charge is 0.320 e. The Kier molecular flexibility index (Phi) is 4.54. The van der Waals surface area contributed by atoms with Crippen LogP contribution < -0.4 is 0 Å². The van der Waals surface area contributed by atoms with Gasteiger partial charge in [0.2, 0.25) is 0 Å². The van der Waals surface area contributed by atoms with Crippen molar-refractivity contribution in [1.82, 2.24) is 0 Å². The second-order valence-corrected chi connectivity index (χ2v) is 9.12. The van der Waals surface area contributed by atoms with E-state index in [2.05, 4.69) is 41.5 Å². The number of benzene rings is 1. The van der Waals surface area contributed by atoms with Gasteiger partial charge in [-0.2, -0.15) is 0 Å². The Morgan fingerprint density at radius 1 is 1.14 bits per heavy atom. The number of thioether (sulfide) groups is 1. The van der Waals surface area contributed by atoms with Crippen LogP contribution in [0.2, 0.25) is 0 Å². The molecule has 1 saturated heterocycles. The van der Waals surface area contributed by atoms with Crippen LogP contribution in [0.25, 0.3) is 0 Å². The number of rotatable bonds is 2. The second kappa shape index (κ2) is 5.80. The lowest BCUT2D eigenvalue weighted by atomic mass is 9.78. The number of hydrogen-bond donors (Lipinski definition) is 1. The van der Waals surface area contributed by atoms with E-state index >= 15 is 0 Å². The molecule has 0 spiro atoms. The zero-order valence-electron chi connectivity index (χ0n) is 14.3. The molecular formula is C18H26O3S. The van der Waals surface area contributed by atoms with Crippen LogP contribution in [0.5, 0.6) is 5.75 Å². The molecule has 1 atom stereocenters. The fourth-order valence-electron chi connectivity index (χ4n) is 2.65. The number of ether oxygens (including phenoxy) is 1. The van der Waals surface area contributed by atoms with Crippen molar-refractivity contribution < 1.29 is 14.6 Å². The highest BCUT2D eigenvalue weighted by atomic mass is 32.2. The van der Waals surface area contributed by atoms with Gasteiger partial charge in [0, 0.05) is 0 Å². The van der Waals surface area contributed by atoms with Gasteiger partial charge in [-0.05, 0) is 33.9 Å². The van der Waals surface area contributed by atoms with Crippen LogP contribution in [-0.4, -0.2) is 22.3 Å². The summed E-state index contributed by atoms with van der Waals surface area (Å²) in [5.41, 5.74) is 2.66. The number of carbonyl (C=O) groups is 1. The highest BCUT2D eigenvalue weighted by Crippen LogP contribution is 2.40. The van der Waals surface area contributed by atoms with E-state index in [-0.39, 0.29) is 22.0 Å². The Hall–Kier alpha value is -1.16. The predicted octanol–water partition coefficient (Wildman–Crippen LogP) is 4.15. The molecule has 1 aromatic carbocycles. The Morgan fingerprint density at radius 3 is 2.00 bits per heavy atom. The van der Waals surface area contributed by atoms with Crippen LogP contribution in [0.3, 0.4) is 0 Å². The fourth-order valence-corrected chi connectivity index (χ4v) is 3.51. The summed E-state index contributed by atoms with van der Waals surface area (Å²) in [6, 6.07) is 4.08. The SMILES string of the molecule is CC(C)(C)c1cc(CC2SCOC2=O)cc(C(C)(C)C)c1O. The molecule has 1 aromatic rings. The highest BCUT2D eigenvalue weighted by Gasteiger charge is 2.30. The van der Waals surface area contributed by atoms with Gasteiger partial charge in [0.05, 0.1) is 0 Å². The summed E-state index contributed by atoms with van der Waals surface area (Å²) in [4.78, 5) is 11.7. The van der Waals surface area contributed by atoms with Crippen LogP contribution >= 0.6 is 11.8 Å². The number of hydrogen-bond acceptors (Lipinski definition) is 4. The fraction of sp³-hybridized carbons (Fsp3) is 0.611. The molecule has 0 radical (unpaired) electrons. The van der Waals surface area contributed by atoms with Gasteiger partial charge in [0.1, 0.15) is 16.9 Å². The van der Waals surface area contributed by atoms with Gasteiger partial charge in [-0.15, -0.1) is 11.8 Å². The topological polar surface area (TPSA) is 46.5 Å². The number of phenols is 1. The van der Waals surface area contributed by atoms with E-state index in [0.29, 0.717) is 18.1 Å². The van der Waals surface area contributed by atoms with Crippen LogP contribution in [0.4, 0.5) is 0 Å². The Labute approximate surface area is 137 Å². The number of aromatic hydroxyl groups is 1. The van der Waals surface area contributed by atoms with Gasteiger partial charge in [0.25, 0.3) is 0 Å². The molecule has 0 amide bonds. The predicted molar refractivity (Wildman–Crippen MR) is 91.5 cm³/mol. The van der Waals surface area contributed by atoms with Crippen molar-refractivity contribution in [2.45, 2.75) is 64.0 Å². The van der Waals surface area contributed by atoms with Crippen molar-refractivity contribution >= 4 is 17.7 Å². The van der Waals surface area contributed by atoms with Crippen molar-refractivity contribution in [3.05, 3.63) is 28.8 Å². The molecule has 0 saturated carbocycles. The molecule has 1 unspecified atom stereocenters. The lowest BCUT2D eigenvalue weighted by Gasteiger charge is -2.28. The van der Waals surface area contributed by atoms with E-state index < -0.39 is 0 Å². The summed E-state index contributed by atoms with van der Waals surface area (Å²) in [6.45, 7) is 12.6. The normalized spacial score (nSPS) is 19.4. The molecule has 2 rings (SSSR count). The standard InChI is InChI=1S/C18H26O3S/c1-17(2,3)12-7-11(9-14-16(20)21-10-22-14)8-13(15(12)19)18(4,5)6/h7-8,14,19H,9-10H2,1-6H3. The summed E-state index contributed by atoms with van der Waals surface area (Å²) in [7, 11) is 0. The van der Waals surface area contributed by atoms with E-state index in [9.17, 15) is 9.90 Å². The molecule has 3 nitrogen and oxygen atoms in total. The summed E-state index contributed by atoms with van der Waals surface area (Å²) >= 11 is 1.54. The summed E-state index contributed by atoms with van der Waals surface area (Å²) in [5.74, 6) is 0.693. The molecule has 122 valence electrons. The number of phenolic OH excluding ortho intramolecular Hbond substituents is 1. The van der Waals surface area contributed by atoms with Crippen LogP contribution in [0.15, 0.2) is 12.1 Å². The van der Waals surface area contributed by atoms with Crippen molar-refractivity contribution in [2.75, 3.05) is 5.94 Å². The van der Waals surface area contributed by atoms with Gasteiger partial charge < -0.3 is 9.84 Å². The maximum atomic E-state index is 11.7. The van der Waals surface area contributed by atoms with Crippen molar-refractivity contribution in [1.29, 1.82) is 0 Å². The minimum Gasteiger partial charge on any atom is -0.507 e. The third kappa shape index (κ3) is 3.60. The Balaban J connectivity index is 2.48. The van der Waals surface area contributed by atoms with E-state index in [4.69, 9.17) is 4.74 Å². The molecular weight excluding hydrogens is 296 g/mol. The molecule has 0 aliphatic carbocycles. The van der Waals surface area contributed by atoms with Crippen LogP contribution in [0.1, 0.15) is 58.2 Å². The van der Waals surface area contributed by atoms with Crippen molar-refractivity contribution in [2.24, 2.45) is 0 Å². The molecule has 1 N–H and O–H groups in total. The van der Waals surface area contributed by atoms with Crippen LogP contribution in [-0.2, 0) is 26.8 Å². The van der Waals surface area contributed by atoms with E-state index in [1.165, 1.54) is 0 Å². The molecule has 1 heterocycles. The molecule has 0 aromatic heterocycles. The first-order valence-corrected chi connectivity index (χ1v) is 8.70. The van der Waals surface area contributed by atoms with E-state index in [1.54, 1.807) is 11.8 Å². The number of esters is 1. The molecule has 1 aliphatic rings. The Bertz CT molecular complexity index is 544. The second-order valence-electron chi connectivity index (χ2n) is 7.98. The van der Waals surface area contributed by atoms with E-state index in [0.717, 1.165) is 16.7 Å². The number of carbonyl (C=O) groups excluding carboxylic acids is 1. The molecule has 1 aliphatic heterocycles. The lowest BCUT2D eigenvalue weighted by molar-refractivity contribution is -0.139. The Morgan fingerprint density at radius 2 is 1.64 bits per heavy atom. The minimum atomic E-state index is -0.149. The van der Waals surface area contributed by atoms with Crippen molar-refractivity contribution in [3.8, 4) is 5.75 Å². The zero-order valence-corrected chi connectivity index (χ0v) is 15.1. The minimum absolute atomic E-state index is 0.132. The van der Waals surface area contributed by atoms with Gasteiger partial charge in [-0.3, -0.25) is 4.79 Å². The molecule has 1 fully saturated rings. The highest BCUT2D eigenvalue weighted by molar-refractivity contribution is 8.00. The first kappa shape index (κ1) is 17.2. The first-order chi connectivity index (χ1) is 10.00. The summed E-state index contributed by atoms with van der Waals surface area (Å²) < 4.78 is 5.03. The van der Waals surface area contributed by atoms with Gasteiger partial charge in [-0.25, -0.2) is 0 Å². The quantitative estimate of drug-likeness (QED) is 0.831. The van der Waals surface area contributed by atoms with Crippen LogP contribution in [0, 0.1) is 0 Å². The average molecular weight is 322 g/mol. The first-order valence-electron chi connectivity index (χ1n) is 7.65. The maximum Gasteiger partial charge on any atom is 0.320 e. The third-order valence-corrected chi connectivity index (χ3v) is 4.96.